The van der Waals surface area contributed by atoms with Crippen molar-refractivity contribution in [1.82, 2.24) is 9.97 Å². The van der Waals surface area contributed by atoms with E-state index >= 15 is 0 Å². The van der Waals surface area contributed by atoms with Gasteiger partial charge in [-0.2, -0.15) is 0 Å². The van der Waals surface area contributed by atoms with E-state index in [2.05, 4.69) is 41.4 Å². The summed E-state index contributed by atoms with van der Waals surface area (Å²) >= 11 is 0. The lowest BCUT2D eigenvalue weighted by Gasteiger charge is -2.24. The summed E-state index contributed by atoms with van der Waals surface area (Å²) in [7, 11) is 0. The highest BCUT2D eigenvalue weighted by atomic mass is 15.1. The van der Waals surface area contributed by atoms with Crippen molar-refractivity contribution in [3.8, 4) is 0 Å². The van der Waals surface area contributed by atoms with Crippen LogP contribution in [0, 0.1) is 0 Å². The summed E-state index contributed by atoms with van der Waals surface area (Å²) in [6.07, 6.45) is 8.17. The van der Waals surface area contributed by atoms with Crippen molar-refractivity contribution in [2.45, 2.75) is 64.5 Å². The van der Waals surface area contributed by atoms with Gasteiger partial charge in [0, 0.05) is 17.6 Å². The van der Waals surface area contributed by atoms with E-state index in [9.17, 15) is 0 Å². The van der Waals surface area contributed by atoms with E-state index in [0.717, 1.165) is 11.6 Å². The summed E-state index contributed by atoms with van der Waals surface area (Å²) in [5, 5.41) is 6.88. The van der Waals surface area contributed by atoms with Crippen LogP contribution in [-0.2, 0) is 0 Å². The Morgan fingerprint density at radius 2 is 1.72 bits per heavy atom. The highest BCUT2D eigenvalue weighted by molar-refractivity contribution is 5.48. The standard InChI is InChI=1S/C14H24N4/c1-14(2,3)18-13-9-12(15-10-16-13)17-11-7-5-4-6-8-11/h9-11H,4-8H2,1-3H3,(H2,15,16,17,18). The fourth-order valence-corrected chi connectivity index (χ4v) is 2.34. The first-order valence-electron chi connectivity index (χ1n) is 6.90. The molecule has 18 heavy (non-hydrogen) atoms. The van der Waals surface area contributed by atoms with Gasteiger partial charge in [-0.15, -0.1) is 0 Å². The number of hydrogen-bond donors (Lipinski definition) is 2. The molecule has 1 saturated carbocycles. The topological polar surface area (TPSA) is 49.8 Å². The van der Waals surface area contributed by atoms with Crippen LogP contribution in [0.2, 0.25) is 0 Å². The minimum atomic E-state index is 0.0243. The molecule has 4 heteroatoms. The van der Waals surface area contributed by atoms with Crippen LogP contribution in [0.15, 0.2) is 12.4 Å². The third-order valence-electron chi connectivity index (χ3n) is 3.13. The molecule has 0 aliphatic heterocycles. The first-order chi connectivity index (χ1) is 8.53. The van der Waals surface area contributed by atoms with Gasteiger partial charge in [-0.3, -0.25) is 0 Å². The molecule has 0 aromatic carbocycles. The van der Waals surface area contributed by atoms with Crippen molar-refractivity contribution in [2.24, 2.45) is 0 Å². The molecular formula is C14H24N4. The largest absolute Gasteiger partial charge is 0.367 e. The Morgan fingerprint density at radius 1 is 1.06 bits per heavy atom. The van der Waals surface area contributed by atoms with Gasteiger partial charge in [0.2, 0.25) is 0 Å². The Hall–Kier alpha value is -1.32. The molecule has 1 aliphatic carbocycles. The van der Waals surface area contributed by atoms with Crippen molar-refractivity contribution in [3.05, 3.63) is 12.4 Å². The second-order valence-corrected chi connectivity index (χ2v) is 6.14. The Morgan fingerprint density at radius 3 is 2.39 bits per heavy atom. The summed E-state index contributed by atoms with van der Waals surface area (Å²) in [5.41, 5.74) is 0.0243. The van der Waals surface area contributed by atoms with E-state index in [1.54, 1.807) is 6.33 Å². The fourth-order valence-electron chi connectivity index (χ4n) is 2.34. The fraction of sp³-hybridized carbons (Fsp3) is 0.714. The highest BCUT2D eigenvalue weighted by Gasteiger charge is 2.14. The zero-order valence-electron chi connectivity index (χ0n) is 11.7. The average molecular weight is 248 g/mol. The maximum Gasteiger partial charge on any atom is 0.131 e. The monoisotopic (exact) mass is 248 g/mol. The smallest absolute Gasteiger partial charge is 0.131 e. The van der Waals surface area contributed by atoms with E-state index in [0.29, 0.717) is 6.04 Å². The van der Waals surface area contributed by atoms with Gasteiger partial charge in [-0.05, 0) is 33.6 Å². The van der Waals surface area contributed by atoms with Crippen LogP contribution in [0.5, 0.6) is 0 Å². The lowest BCUT2D eigenvalue weighted by Crippen LogP contribution is -2.27. The predicted octanol–water partition coefficient (Wildman–Crippen LogP) is 3.43. The molecule has 1 aromatic rings. The van der Waals surface area contributed by atoms with Crippen molar-refractivity contribution in [3.63, 3.8) is 0 Å². The average Bonchev–Trinajstić information content (AvgIpc) is 2.28. The third-order valence-corrected chi connectivity index (χ3v) is 3.13. The molecule has 1 aromatic heterocycles. The van der Waals surface area contributed by atoms with Gasteiger partial charge in [0.25, 0.3) is 0 Å². The van der Waals surface area contributed by atoms with Crippen LogP contribution in [-0.4, -0.2) is 21.5 Å². The Labute approximate surface area is 110 Å². The molecular weight excluding hydrogens is 224 g/mol. The van der Waals surface area contributed by atoms with Crippen LogP contribution in [0.1, 0.15) is 52.9 Å². The second-order valence-electron chi connectivity index (χ2n) is 6.14. The van der Waals surface area contributed by atoms with Crippen molar-refractivity contribution < 1.29 is 0 Å². The van der Waals surface area contributed by atoms with Gasteiger partial charge in [0.1, 0.15) is 18.0 Å². The minimum Gasteiger partial charge on any atom is -0.367 e. The van der Waals surface area contributed by atoms with Gasteiger partial charge < -0.3 is 10.6 Å². The van der Waals surface area contributed by atoms with Crippen molar-refractivity contribution >= 4 is 11.6 Å². The maximum absolute atomic E-state index is 4.30. The summed E-state index contributed by atoms with van der Waals surface area (Å²) in [6, 6.07) is 2.58. The quantitative estimate of drug-likeness (QED) is 0.860. The lowest BCUT2D eigenvalue weighted by molar-refractivity contribution is 0.462. The molecule has 4 nitrogen and oxygen atoms in total. The summed E-state index contributed by atoms with van der Waals surface area (Å²) in [5.74, 6) is 1.82. The first kappa shape index (κ1) is 13.1. The summed E-state index contributed by atoms with van der Waals surface area (Å²) in [6.45, 7) is 6.38. The van der Waals surface area contributed by atoms with E-state index in [4.69, 9.17) is 0 Å². The molecule has 100 valence electrons. The predicted molar refractivity (Wildman–Crippen MR) is 75.9 cm³/mol. The maximum atomic E-state index is 4.30. The number of nitrogens with one attached hydrogen (secondary N) is 2. The number of aromatic nitrogens is 2. The van der Waals surface area contributed by atoms with Crippen LogP contribution in [0.4, 0.5) is 11.6 Å². The zero-order chi connectivity index (χ0) is 13.0. The number of nitrogens with zero attached hydrogens (tertiary/aromatic N) is 2. The Bertz CT molecular complexity index is 378. The van der Waals surface area contributed by atoms with E-state index < -0.39 is 0 Å². The van der Waals surface area contributed by atoms with Crippen LogP contribution in [0.25, 0.3) is 0 Å². The summed E-state index contributed by atoms with van der Waals surface area (Å²) < 4.78 is 0. The molecule has 0 amide bonds. The van der Waals surface area contributed by atoms with Crippen LogP contribution >= 0.6 is 0 Å². The first-order valence-corrected chi connectivity index (χ1v) is 6.90. The highest BCUT2D eigenvalue weighted by Crippen LogP contribution is 2.22. The van der Waals surface area contributed by atoms with Gasteiger partial charge in [0.15, 0.2) is 0 Å². The molecule has 0 atom stereocenters. The molecule has 2 N–H and O–H groups in total. The number of anilines is 2. The molecule has 0 bridgehead atoms. The van der Waals surface area contributed by atoms with Gasteiger partial charge >= 0.3 is 0 Å². The van der Waals surface area contributed by atoms with E-state index in [1.165, 1.54) is 32.1 Å². The molecule has 0 spiro atoms. The normalized spacial score (nSPS) is 17.5. The van der Waals surface area contributed by atoms with Gasteiger partial charge in [-0.1, -0.05) is 19.3 Å². The van der Waals surface area contributed by atoms with Crippen molar-refractivity contribution in [1.29, 1.82) is 0 Å². The van der Waals surface area contributed by atoms with E-state index in [-0.39, 0.29) is 5.54 Å². The molecule has 0 radical (unpaired) electrons. The van der Waals surface area contributed by atoms with Crippen molar-refractivity contribution in [2.75, 3.05) is 10.6 Å². The Balaban J connectivity index is 1.98. The molecule has 1 fully saturated rings. The molecule has 0 saturated heterocycles. The number of hydrogen-bond acceptors (Lipinski definition) is 4. The van der Waals surface area contributed by atoms with E-state index in [1.807, 2.05) is 6.07 Å². The molecule has 2 rings (SSSR count). The Kier molecular flexibility index (Phi) is 4.04. The number of rotatable bonds is 3. The molecule has 0 unspecified atom stereocenters. The summed E-state index contributed by atoms with van der Waals surface area (Å²) in [4.78, 5) is 8.56. The minimum absolute atomic E-state index is 0.0243. The SMILES string of the molecule is CC(C)(C)Nc1cc(NC2CCCCC2)ncn1. The second kappa shape index (κ2) is 5.55. The molecule has 1 heterocycles. The van der Waals surface area contributed by atoms with Crippen LogP contribution < -0.4 is 10.6 Å². The van der Waals surface area contributed by atoms with Gasteiger partial charge in [0.05, 0.1) is 0 Å². The van der Waals surface area contributed by atoms with Gasteiger partial charge in [-0.25, -0.2) is 9.97 Å². The van der Waals surface area contributed by atoms with Crippen LogP contribution in [0.3, 0.4) is 0 Å². The third kappa shape index (κ3) is 4.17. The molecule has 1 aliphatic rings. The lowest BCUT2D eigenvalue weighted by atomic mass is 9.95. The zero-order valence-corrected chi connectivity index (χ0v) is 11.7.